The molecular formula is C24H31N5O2. The number of benzene rings is 1. The molecule has 2 fully saturated rings. The van der Waals surface area contributed by atoms with Gasteiger partial charge in [0.05, 0.1) is 11.0 Å². The standard InChI is InChI=1S/C24H31N5O2/c30-21(14-13-20-25-18-11-5-6-12-19(18)26-20)28-24(15-7-1-2-8-16-24)23-27-22(31-29-23)17-9-3-4-10-17/h5-6,11-12,17H,1-4,7-10,13-16H2,(H,25,26)(H,28,30). The first kappa shape index (κ1) is 20.2. The molecule has 1 amide bonds. The van der Waals surface area contributed by atoms with Gasteiger partial charge in [0.25, 0.3) is 0 Å². The number of imidazole rings is 1. The van der Waals surface area contributed by atoms with Crippen molar-refractivity contribution in [3.8, 4) is 0 Å². The lowest BCUT2D eigenvalue weighted by Gasteiger charge is -2.30. The van der Waals surface area contributed by atoms with Crippen LogP contribution in [0.4, 0.5) is 0 Å². The van der Waals surface area contributed by atoms with E-state index in [0.717, 1.165) is 61.3 Å². The number of hydrogen-bond donors (Lipinski definition) is 2. The SMILES string of the molecule is O=C(CCc1nc2ccccc2[nH]1)NC1(c2noc(C3CCCC3)n2)CCCCCC1. The molecule has 0 bridgehead atoms. The number of aryl methyl sites for hydroxylation is 1. The van der Waals surface area contributed by atoms with E-state index in [0.29, 0.717) is 24.6 Å². The lowest BCUT2D eigenvalue weighted by atomic mass is 9.88. The van der Waals surface area contributed by atoms with E-state index in [9.17, 15) is 4.79 Å². The second kappa shape index (κ2) is 8.81. The fraction of sp³-hybridized carbons (Fsp3) is 0.583. The Morgan fingerprint density at radius 3 is 2.61 bits per heavy atom. The number of aromatic amines is 1. The third-order valence-electron chi connectivity index (χ3n) is 6.94. The van der Waals surface area contributed by atoms with Crippen LogP contribution in [0.25, 0.3) is 11.0 Å². The lowest BCUT2D eigenvalue weighted by molar-refractivity contribution is -0.123. The zero-order valence-electron chi connectivity index (χ0n) is 18.0. The normalized spacial score (nSPS) is 19.5. The third kappa shape index (κ3) is 4.36. The second-order valence-corrected chi connectivity index (χ2v) is 9.18. The number of aromatic nitrogens is 4. The van der Waals surface area contributed by atoms with Gasteiger partial charge in [0.2, 0.25) is 11.8 Å². The molecule has 3 aromatic rings. The minimum Gasteiger partial charge on any atom is -0.343 e. The molecule has 31 heavy (non-hydrogen) atoms. The number of nitrogens with zero attached hydrogens (tertiary/aromatic N) is 3. The topological polar surface area (TPSA) is 96.7 Å². The Balaban J connectivity index is 1.30. The Bertz CT molecular complexity index is 992. The number of nitrogens with one attached hydrogen (secondary N) is 2. The minimum absolute atomic E-state index is 0.0228. The molecule has 1 aromatic carbocycles. The van der Waals surface area contributed by atoms with Crippen molar-refractivity contribution in [2.75, 3.05) is 0 Å². The zero-order chi connectivity index (χ0) is 21.1. The van der Waals surface area contributed by atoms with Gasteiger partial charge in [0.1, 0.15) is 11.4 Å². The van der Waals surface area contributed by atoms with Gasteiger partial charge in [-0.15, -0.1) is 0 Å². The quantitative estimate of drug-likeness (QED) is 0.552. The predicted octanol–water partition coefficient (Wildman–Crippen LogP) is 4.90. The van der Waals surface area contributed by atoms with Crippen LogP contribution in [0.3, 0.4) is 0 Å². The average Bonchev–Trinajstić information content (AvgIpc) is 3.51. The summed E-state index contributed by atoms with van der Waals surface area (Å²) in [6.45, 7) is 0. The summed E-state index contributed by atoms with van der Waals surface area (Å²) in [5, 5.41) is 7.71. The molecule has 5 rings (SSSR count). The third-order valence-corrected chi connectivity index (χ3v) is 6.94. The first-order chi connectivity index (χ1) is 15.2. The van der Waals surface area contributed by atoms with Crippen LogP contribution in [-0.4, -0.2) is 26.0 Å². The Kier molecular flexibility index (Phi) is 5.74. The minimum atomic E-state index is -0.512. The fourth-order valence-electron chi connectivity index (χ4n) is 5.19. The van der Waals surface area contributed by atoms with Gasteiger partial charge in [-0.3, -0.25) is 4.79 Å². The van der Waals surface area contributed by atoms with Gasteiger partial charge in [-0.25, -0.2) is 4.98 Å². The van der Waals surface area contributed by atoms with Crippen molar-refractivity contribution in [2.24, 2.45) is 0 Å². The number of fused-ring (bicyclic) bond motifs is 1. The molecule has 7 nitrogen and oxygen atoms in total. The highest BCUT2D eigenvalue weighted by molar-refractivity contribution is 5.78. The molecule has 164 valence electrons. The summed E-state index contributed by atoms with van der Waals surface area (Å²) in [7, 11) is 0. The van der Waals surface area contributed by atoms with Gasteiger partial charge < -0.3 is 14.8 Å². The maximum absolute atomic E-state index is 13.0. The first-order valence-corrected chi connectivity index (χ1v) is 11.8. The number of carbonyl (C=O) groups is 1. The summed E-state index contributed by atoms with van der Waals surface area (Å²) in [6, 6.07) is 7.94. The Morgan fingerprint density at radius 1 is 1.06 bits per heavy atom. The van der Waals surface area contributed by atoms with Crippen LogP contribution < -0.4 is 5.32 Å². The number of H-pyrrole nitrogens is 1. The van der Waals surface area contributed by atoms with E-state index in [2.05, 4.69) is 20.4 Å². The molecule has 0 aliphatic heterocycles. The maximum Gasteiger partial charge on any atom is 0.229 e. The van der Waals surface area contributed by atoms with Crippen LogP contribution >= 0.6 is 0 Å². The molecule has 2 N–H and O–H groups in total. The largest absolute Gasteiger partial charge is 0.343 e. The zero-order valence-corrected chi connectivity index (χ0v) is 18.0. The van der Waals surface area contributed by atoms with Gasteiger partial charge in [0.15, 0.2) is 5.82 Å². The summed E-state index contributed by atoms with van der Waals surface area (Å²) in [4.78, 5) is 25.7. The van der Waals surface area contributed by atoms with Crippen molar-refractivity contribution in [2.45, 2.75) is 88.5 Å². The average molecular weight is 422 g/mol. The van der Waals surface area contributed by atoms with Crippen LogP contribution in [-0.2, 0) is 16.8 Å². The summed E-state index contributed by atoms with van der Waals surface area (Å²) >= 11 is 0. The monoisotopic (exact) mass is 421 g/mol. The summed E-state index contributed by atoms with van der Waals surface area (Å²) in [5.74, 6) is 2.68. The van der Waals surface area contributed by atoms with Crippen LogP contribution in [0, 0.1) is 0 Å². The number of para-hydroxylation sites is 2. The van der Waals surface area contributed by atoms with Crippen molar-refractivity contribution in [3.05, 3.63) is 41.8 Å². The van der Waals surface area contributed by atoms with E-state index in [-0.39, 0.29) is 5.91 Å². The van der Waals surface area contributed by atoms with Gasteiger partial charge in [-0.05, 0) is 37.8 Å². The van der Waals surface area contributed by atoms with Gasteiger partial charge in [-0.1, -0.05) is 55.8 Å². The van der Waals surface area contributed by atoms with Crippen LogP contribution in [0.1, 0.15) is 94.1 Å². The summed E-state index contributed by atoms with van der Waals surface area (Å²) in [5.41, 5.74) is 1.43. The highest BCUT2D eigenvalue weighted by Gasteiger charge is 2.39. The molecule has 0 spiro atoms. The summed E-state index contributed by atoms with van der Waals surface area (Å²) in [6.07, 6.45) is 11.9. The molecule has 0 unspecified atom stereocenters. The Morgan fingerprint density at radius 2 is 1.84 bits per heavy atom. The lowest BCUT2D eigenvalue weighted by Crippen LogP contribution is -2.46. The molecule has 2 aliphatic rings. The summed E-state index contributed by atoms with van der Waals surface area (Å²) < 4.78 is 5.68. The molecular weight excluding hydrogens is 390 g/mol. The number of rotatable bonds is 6. The van der Waals surface area contributed by atoms with Crippen molar-refractivity contribution in [1.29, 1.82) is 0 Å². The Hall–Kier alpha value is -2.70. The van der Waals surface area contributed by atoms with E-state index >= 15 is 0 Å². The molecule has 2 saturated carbocycles. The van der Waals surface area contributed by atoms with Gasteiger partial charge >= 0.3 is 0 Å². The van der Waals surface area contributed by atoms with Crippen LogP contribution in [0.15, 0.2) is 28.8 Å². The van der Waals surface area contributed by atoms with Crippen molar-refractivity contribution in [3.63, 3.8) is 0 Å². The molecule has 2 aromatic heterocycles. The Labute approximate surface area is 182 Å². The molecule has 0 saturated heterocycles. The van der Waals surface area contributed by atoms with Crippen LogP contribution in [0.2, 0.25) is 0 Å². The highest BCUT2D eigenvalue weighted by Crippen LogP contribution is 2.38. The maximum atomic E-state index is 13.0. The van der Waals surface area contributed by atoms with E-state index in [1.165, 1.54) is 25.7 Å². The van der Waals surface area contributed by atoms with Gasteiger partial charge in [-0.2, -0.15) is 4.98 Å². The molecule has 2 aliphatic carbocycles. The van der Waals surface area contributed by atoms with Crippen LogP contribution in [0.5, 0.6) is 0 Å². The van der Waals surface area contributed by atoms with E-state index in [1.807, 2.05) is 24.3 Å². The fourth-order valence-corrected chi connectivity index (χ4v) is 5.19. The first-order valence-electron chi connectivity index (χ1n) is 11.8. The van der Waals surface area contributed by atoms with Crippen molar-refractivity contribution in [1.82, 2.24) is 25.4 Å². The molecule has 0 atom stereocenters. The number of hydrogen-bond acceptors (Lipinski definition) is 5. The number of carbonyl (C=O) groups excluding carboxylic acids is 1. The molecule has 0 radical (unpaired) electrons. The van der Waals surface area contributed by atoms with Crippen molar-refractivity contribution < 1.29 is 9.32 Å². The second-order valence-electron chi connectivity index (χ2n) is 9.18. The van der Waals surface area contributed by atoms with E-state index in [1.54, 1.807) is 0 Å². The molecule has 7 heteroatoms. The van der Waals surface area contributed by atoms with Gasteiger partial charge in [0, 0.05) is 18.8 Å². The van der Waals surface area contributed by atoms with E-state index in [4.69, 9.17) is 9.51 Å². The van der Waals surface area contributed by atoms with E-state index < -0.39 is 5.54 Å². The molecule has 2 heterocycles. The predicted molar refractivity (Wildman–Crippen MR) is 117 cm³/mol. The van der Waals surface area contributed by atoms with Crippen molar-refractivity contribution >= 4 is 16.9 Å². The number of amides is 1. The highest BCUT2D eigenvalue weighted by atomic mass is 16.5. The smallest absolute Gasteiger partial charge is 0.229 e.